The second-order valence-electron chi connectivity index (χ2n) is 6.50. The van der Waals surface area contributed by atoms with Gasteiger partial charge in [0, 0.05) is 6.54 Å². The van der Waals surface area contributed by atoms with Crippen LogP contribution in [0.25, 0.3) is 11.0 Å². The van der Waals surface area contributed by atoms with Gasteiger partial charge in [-0.3, -0.25) is 4.90 Å². The van der Waals surface area contributed by atoms with Gasteiger partial charge in [0.1, 0.15) is 0 Å². The summed E-state index contributed by atoms with van der Waals surface area (Å²) < 4.78 is 11.8. The number of ether oxygens (including phenoxy) is 2. The second kappa shape index (κ2) is 7.70. The Bertz CT molecular complexity index is 891. The second-order valence-corrected chi connectivity index (χ2v) is 6.50. The van der Waals surface area contributed by atoms with Gasteiger partial charge in [-0.2, -0.15) is 0 Å². The number of likely N-dealkylation sites (tertiary alicyclic amines) is 1. The summed E-state index contributed by atoms with van der Waals surface area (Å²) in [6.45, 7) is 5.87. The van der Waals surface area contributed by atoms with Crippen molar-refractivity contribution >= 4 is 11.0 Å². The van der Waals surface area contributed by atoms with Crippen molar-refractivity contribution < 1.29 is 9.47 Å². The lowest BCUT2D eigenvalue weighted by Crippen LogP contribution is -2.18. The number of hydrogen-bond acceptors (Lipinski definition) is 5. The molecule has 26 heavy (non-hydrogen) atoms. The monoisotopic (exact) mass is 349 g/mol. The van der Waals surface area contributed by atoms with Crippen LogP contribution in [0.3, 0.4) is 0 Å². The topological polar surface area (TPSA) is 47.5 Å². The normalized spacial score (nSPS) is 14.7. The molecule has 0 aliphatic carbocycles. The van der Waals surface area contributed by atoms with E-state index in [1.807, 2.05) is 37.3 Å². The summed E-state index contributed by atoms with van der Waals surface area (Å²) in [6, 6.07) is 13.9. The van der Waals surface area contributed by atoms with Crippen LogP contribution in [0.15, 0.2) is 48.7 Å². The van der Waals surface area contributed by atoms with Crippen molar-refractivity contribution in [1.82, 2.24) is 14.9 Å². The minimum atomic E-state index is 0.469. The molecule has 0 saturated carbocycles. The minimum Gasteiger partial charge on any atom is -0.490 e. The van der Waals surface area contributed by atoms with E-state index in [0.29, 0.717) is 18.2 Å². The van der Waals surface area contributed by atoms with E-state index in [1.54, 1.807) is 6.20 Å². The van der Waals surface area contributed by atoms with Gasteiger partial charge in [-0.1, -0.05) is 18.2 Å². The summed E-state index contributed by atoms with van der Waals surface area (Å²) in [4.78, 5) is 11.4. The summed E-state index contributed by atoms with van der Waals surface area (Å²) in [5, 5.41) is 0. The summed E-state index contributed by atoms with van der Waals surface area (Å²) in [7, 11) is 0. The van der Waals surface area contributed by atoms with Crippen LogP contribution in [0.4, 0.5) is 0 Å². The Morgan fingerprint density at radius 1 is 1.00 bits per heavy atom. The Balaban J connectivity index is 1.57. The summed E-state index contributed by atoms with van der Waals surface area (Å²) in [6.07, 6.45) is 4.23. The highest BCUT2D eigenvalue weighted by atomic mass is 16.5. The first-order valence-electron chi connectivity index (χ1n) is 9.19. The molecule has 1 fully saturated rings. The molecule has 0 unspecified atom stereocenters. The third-order valence-corrected chi connectivity index (χ3v) is 4.55. The van der Waals surface area contributed by atoms with Crippen LogP contribution in [-0.4, -0.2) is 34.6 Å². The molecule has 5 heteroatoms. The van der Waals surface area contributed by atoms with Crippen molar-refractivity contribution in [2.24, 2.45) is 0 Å². The third kappa shape index (κ3) is 3.78. The van der Waals surface area contributed by atoms with E-state index < -0.39 is 0 Å². The third-order valence-electron chi connectivity index (χ3n) is 4.55. The Kier molecular flexibility index (Phi) is 4.97. The Morgan fingerprint density at radius 2 is 1.81 bits per heavy atom. The molecule has 0 radical (unpaired) electrons. The molecule has 3 aromatic rings. The first-order valence-corrected chi connectivity index (χ1v) is 9.19. The predicted molar refractivity (Wildman–Crippen MR) is 102 cm³/mol. The standard InChI is InChI=1S/C21H23N3O2/c1-2-25-20-13-16(15-24-11-5-6-12-24)9-10-19(20)26-21-14-22-17-7-3-4-8-18(17)23-21/h3-4,7-10,13-14H,2,5-6,11-12,15H2,1H3. The van der Waals surface area contributed by atoms with Crippen LogP contribution in [0.1, 0.15) is 25.3 Å². The number of nitrogens with zero attached hydrogens (tertiary/aromatic N) is 3. The molecule has 0 spiro atoms. The SMILES string of the molecule is CCOc1cc(CN2CCCC2)ccc1Oc1cnc2ccccc2n1. The fourth-order valence-electron chi connectivity index (χ4n) is 3.30. The van der Waals surface area contributed by atoms with Gasteiger partial charge < -0.3 is 9.47 Å². The van der Waals surface area contributed by atoms with Gasteiger partial charge in [0.25, 0.3) is 0 Å². The average Bonchev–Trinajstić information content (AvgIpc) is 3.17. The first-order chi connectivity index (χ1) is 12.8. The fraction of sp³-hybridized carbons (Fsp3) is 0.333. The van der Waals surface area contributed by atoms with Crippen molar-refractivity contribution in [3.8, 4) is 17.4 Å². The van der Waals surface area contributed by atoms with Gasteiger partial charge >= 0.3 is 0 Å². The van der Waals surface area contributed by atoms with E-state index in [0.717, 1.165) is 23.3 Å². The van der Waals surface area contributed by atoms with Crippen LogP contribution in [0, 0.1) is 0 Å². The summed E-state index contributed by atoms with van der Waals surface area (Å²) in [5.41, 5.74) is 2.91. The van der Waals surface area contributed by atoms with Crippen LogP contribution in [0.5, 0.6) is 17.4 Å². The zero-order valence-corrected chi connectivity index (χ0v) is 15.0. The van der Waals surface area contributed by atoms with E-state index in [4.69, 9.17) is 9.47 Å². The highest BCUT2D eigenvalue weighted by molar-refractivity contribution is 5.74. The van der Waals surface area contributed by atoms with E-state index in [2.05, 4.69) is 27.0 Å². The lowest BCUT2D eigenvalue weighted by molar-refractivity contribution is 0.313. The average molecular weight is 349 g/mol. The van der Waals surface area contributed by atoms with Crippen LogP contribution in [0.2, 0.25) is 0 Å². The smallest absolute Gasteiger partial charge is 0.238 e. The molecule has 1 saturated heterocycles. The van der Waals surface area contributed by atoms with Crippen molar-refractivity contribution in [1.29, 1.82) is 0 Å². The van der Waals surface area contributed by atoms with E-state index in [-0.39, 0.29) is 0 Å². The van der Waals surface area contributed by atoms with Crippen molar-refractivity contribution in [2.45, 2.75) is 26.3 Å². The zero-order valence-electron chi connectivity index (χ0n) is 15.0. The van der Waals surface area contributed by atoms with Crippen LogP contribution >= 0.6 is 0 Å². The maximum Gasteiger partial charge on any atom is 0.238 e. The molecule has 1 aromatic heterocycles. The van der Waals surface area contributed by atoms with Gasteiger partial charge in [0.15, 0.2) is 11.5 Å². The molecule has 134 valence electrons. The molecule has 0 amide bonds. The van der Waals surface area contributed by atoms with Crippen molar-refractivity contribution in [3.05, 3.63) is 54.2 Å². The first kappa shape index (κ1) is 16.8. The minimum absolute atomic E-state index is 0.469. The zero-order chi connectivity index (χ0) is 17.8. The Labute approximate surface area is 153 Å². The molecule has 0 atom stereocenters. The maximum atomic E-state index is 5.98. The van der Waals surface area contributed by atoms with Crippen LogP contribution in [-0.2, 0) is 6.54 Å². The molecule has 1 aliphatic rings. The molecule has 2 heterocycles. The van der Waals surface area contributed by atoms with Gasteiger partial charge in [-0.25, -0.2) is 9.97 Å². The van der Waals surface area contributed by atoms with E-state index in [1.165, 1.54) is 31.5 Å². The highest BCUT2D eigenvalue weighted by Crippen LogP contribution is 2.32. The number of fused-ring (bicyclic) bond motifs is 1. The number of benzene rings is 2. The molecule has 0 bridgehead atoms. The van der Waals surface area contributed by atoms with E-state index in [9.17, 15) is 0 Å². The number of rotatable bonds is 6. The molecular formula is C21H23N3O2. The van der Waals surface area contributed by atoms with Crippen LogP contribution < -0.4 is 9.47 Å². The summed E-state index contributed by atoms with van der Waals surface area (Å²) in [5.74, 6) is 1.89. The molecular weight excluding hydrogens is 326 g/mol. The number of aromatic nitrogens is 2. The summed E-state index contributed by atoms with van der Waals surface area (Å²) >= 11 is 0. The fourth-order valence-corrected chi connectivity index (χ4v) is 3.30. The largest absolute Gasteiger partial charge is 0.490 e. The molecule has 5 nitrogen and oxygen atoms in total. The Morgan fingerprint density at radius 3 is 2.62 bits per heavy atom. The van der Waals surface area contributed by atoms with Gasteiger partial charge in [-0.15, -0.1) is 0 Å². The lowest BCUT2D eigenvalue weighted by Gasteiger charge is -2.17. The molecule has 1 aliphatic heterocycles. The molecule has 0 N–H and O–H groups in total. The maximum absolute atomic E-state index is 5.98. The number of para-hydroxylation sites is 2. The lowest BCUT2D eigenvalue weighted by atomic mass is 10.2. The van der Waals surface area contributed by atoms with Crippen molar-refractivity contribution in [2.75, 3.05) is 19.7 Å². The van der Waals surface area contributed by atoms with Gasteiger partial charge in [0.05, 0.1) is 23.8 Å². The Hall–Kier alpha value is -2.66. The van der Waals surface area contributed by atoms with Gasteiger partial charge in [-0.05, 0) is 62.7 Å². The predicted octanol–water partition coefficient (Wildman–Crippen LogP) is 4.42. The quantitative estimate of drug-likeness (QED) is 0.659. The molecule has 2 aromatic carbocycles. The highest BCUT2D eigenvalue weighted by Gasteiger charge is 2.14. The van der Waals surface area contributed by atoms with Gasteiger partial charge in [0.2, 0.25) is 5.88 Å². The molecule has 4 rings (SSSR count). The number of hydrogen-bond donors (Lipinski definition) is 0. The van der Waals surface area contributed by atoms with Crippen molar-refractivity contribution in [3.63, 3.8) is 0 Å². The van der Waals surface area contributed by atoms with E-state index >= 15 is 0 Å².